The van der Waals surface area contributed by atoms with Crippen LogP contribution in [0.5, 0.6) is 0 Å². The molecule has 0 spiro atoms. The number of nitrogens with zero attached hydrogens (tertiary/aromatic N) is 3. The third-order valence-electron chi connectivity index (χ3n) is 4.56. The zero-order valence-electron chi connectivity index (χ0n) is 15.2. The largest absolute Gasteiger partial charge is 0.419 e. The maximum atomic E-state index is 12.3. The Morgan fingerprint density at radius 3 is 2.86 bits per heavy atom. The number of benzene rings is 2. The van der Waals surface area contributed by atoms with Gasteiger partial charge in [0.2, 0.25) is 5.91 Å². The number of non-ortho nitro benzene ring substituents is 1. The lowest BCUT2D eigenvalue weighted by Gasteiger charge is -2.08. The molecule has 2 heterocycles. The molecule has 4 aromatic rings. The van der Waals surface area contributed by atoms with Crippen molar-refractivity contribution in [1.29, 1.82) is 0 Å². The number of hydrogen-bond acceptors (Lipinski definition) is 6. The third-order valence-corrected chi connectivity index (χ3v) is 4.56. The van der Waals surface area contributed by atoms with Gasteiger partial charge in [-0.1, -0.05) is 18.2 Å². The lowest BCUT2D eigenvalue weighted by atomic mass is 10.2. The average Bonchev–Trinajstić information content (AvgIpc) is 3.03. The molecular formula is C20H16N4O5. The number of oxazole rings is 1. The Bertz CT molecular complexity index is 1290. The van der Waals surface area contributed by atoms with Crippen LogP contribution in [0.1, 0.15) is 12.8 Å². The van der Waals surface area contributed by atoms with Crippen LogP contribution in [0.25, 0.3) is 22.0 Å². The molecule has 1 amide bonds. The van der Waals surface area contributed by atoms with Crippen molar-refractivity contribution in [3.05, 3.63) is 75.4 Å². The number of nitrogens with one attached hydrogen (secondary N) is 1. The normalized spacial score (nSPS) is 11.0. The van der Waals surface area contributed by atoms with Gasteiger partial charge in [0.1, 0.15) is 0 Å². The molecule has 0 aliphatic heterocycles. The van der Waals surface area contributed by atoms with Gasteiger partial charge in [-0.15, -0.1) is 0 Å². The quantitative estimate of drug-likeness (QED) is 0.396. The first-order chi connectivity index (χ1) is 14.0. The molecule has 2 aromatic carbocycles. The summed E-state index contributed by atoms with van der Waals surface area (Å²) in [7, 11) is 0. The minimum absolute atomic E-state index is 0.149. The number of rotatable bonds is 6. The third kappa shape index (κ3) is 3.70. The van der Waals surface area contributed by atoms with Gasteiger partial charge in [-0.2, -0.15) is 0 Å². The van der Waals surface area contributed by atoms with Crippen molar-refractivity contribution in [1.82, 2.24) is 9.55 Å². The van der Waals surface area contributed by atoms with E-state index in [2.05, 4.69) is 10.3 Å². The van der Waals surface area contributed by atoms with Crippen LogP contribution in [-0.2, 0) is 11.3 Å². The number of carbonyl (C=O) groups is 1. The first kappa shape index (κ1) is 18.4. The van der Waals surface area contributed by atoms with Crippen molar-refractivity contribution < 1.29 is 14.1 Å². The fourth-order valence-corrected chi connectivity index (χ4v) is 3.20. The van der Waals surface area contributed by atoms with Gasteiger partial charge >= 0.3 is 5.76 Å². The van der Waals surface area contributed by atoms with Crippen LogP contribution in [-0.4, -0.2) is 20.4 Å². The highest BCUT2D eigenvalue weighted by atomic mass is 16.6. The van der Waals surface area contributed by atoms with Crippen molar-refractivity contribution in [2.24, 2.45) is 0 Å². The van der Waals surface area contributed by atoms with E-state index in [1.807, 2.05) is 24.3 Å². The van der Waals surface area contributed by atoms with Gasteiger partial charge in [-0.3, -0.25) is 24.5 Å². The molecule has 0 aliphatic carbocycles. The SMILES string of the molecule is O=C(CCCn1c(=O)oc2cc([N+](=O)[O-])ccc21)Nc1cccc2cccnc12. The van der Waals surface area contributed by atoms with Crippen LogP contribution >= 0.6 is 0 Å². The maximum absolute atomic E-state index is 12.3. The Morgan fingerprint density at radius 2 is 2.03 bits per heavy atom. The summed E-state index contributed by atoms with van der Waals surface area (Å²) in [6.45, 7) is 0.255. The van der Waals surface area contributed by atoms with E-state index in [1.165, 1.54) is 22.8 Å². The number of pyridine rings is 1. The Balaban J connectivity index is 1.43. The second kappa shape index (κ2) is 7.55. The van der Waals surface area contributed by atoms with Gasteiger partial charge < -0.3 is 9.73 Å². The molecule has 4 rings (SSSR count). The number of aromatic nitrogens is 2. The van der Waals surface area contributed by atoms with E-state index in [-0.39, 0.29) is 30.1 Å². The van der Waals surface area contributed by atoms with Crippen molar-refractivity contribution in [2.75, 3.05) is 5.32 Å². The minimum atomic E-state index is -0.612. The van der Waals surface area contributed by atoms with Crippen molar-refractivity contribution in [3.8, 4) is 0 Å². The molecule has 9 nitrogen and oxygen atoms in total. The number of para-hydroxylation sites is 1. The van der Waals surface area contributed by atoms with Crippen LogP contribution in [0.3, 0.4) is 0 Å². The Morgan fingerprint density at radius 1 is 1.21 bits per heavy atom. The highest BCUT2D eigenvalue weighted by Crippen LogP contribution is 2.22. The van der Waals surface area contributed by atoms with E-state index in [0.29, 0.717) is 23.1 Å². The average molecular weight is 392 g/mol. The minimum Gasteiger partial charge on any atom is -0.407 e. The van der Waals surface area contributed by atoms with Crippen LogP contribution < -0.4 is 11.1 Å². The standard InChI is InChI=1S/C20H16N4O5/c25-18(22-15-6-1-4-13-5-2-10-21-19(13)15)7-3-11-23-16-9-8-14(24(27)28)12-17(16)29-20(23)26/h1-2,4-6,8-10,12H,3,7,11H2,(H,22,25). The molecule has 0 atom stereocenters. The predicted molar refractivity (Wildman–Crippen MR) is 107 cm³/mol. The van der Waals surface area contributed by atoms with E-state index in [9.17, 15) is 19.7 Å². The number of hydrogen-bond donors (Lipinski definition) is 1. The monoisotopic (exact) mass is 392 g/mol. The van der Waals surface area contributed by atoms with Gasteiger partial charge in [-0.25, -0.2) is 4.79 Å². The summed E-state index contributed by atoms with van der Waals surface area (Å²) in [5.41, 5.74) is 1.80. The summed E-state index contributed by atoms with van der Waals surface area (Å²) < 4.78 is 6.45. The first-order valence-corrected chi connectivity index (χ1v) is 8.94. The molecule has 0 unspecified atom stereocenters. The zero-order chi connectivity index (χ0) is 20.4. The van der Waals surface area contributed by atoms with Gasteiger partial charge in [0.25, 0.3) is 5.69 Å². The van der Waals surface area contributed by atoms with E-state index < -0.39 is 10.7 Å². The molecule has 0 fully saturated rings. The summed E-state index contributed by atoms with van der Waals surface area (Å²) in [4.78, 5) is 39.0. The van der Waals surface area contributed by atoms with Crippen molar-refractivity contribution in [2.45, 2.75) is 19.4 Å². The number of nitro benzene ring substituents is 1. The fraction of sp³-hybridized carbons (Fsp3) is 0.150. The number of fused-ring (bicyclic) bond motifs is 2. The van der Waals surface area contributed by atoms with Gasteiger partial charge in [0.15, 0.2) is 5.58 Å². The Hall–Kier alpha value is -4.01. The van der Waals surface area contributed by atoms with E-state index in [0.717, 1.165) is 5.39 Å². The summed E-state index contributed by atoms with van der Waals surface area (Å²) in [6, 6.07) is 13.3. The molecule has 0 saturated heterocycles. The maximum Gasteiger partial charge on any atom is 0.419 e. The van der Waals surface area contributed by atoms with Crippen LogP contribution in [0.4, 0.5) is 11.4 Å². The van der Waals surface area contributed by atoms with Crippen LogP contribution in [0.15, 0.2) is 63.9 Å². The van der Waals surface area contributed by atoms with Gasteiger partial charge in [0, 0.05) is 30.6 Å². The Labute approximate surface area is 163 Å². The lowest BCUT2D eigenvalue weighted by Crippen LogP contribution is -2.17. The summed E-state index contributed by atoms with van der Waals surface area (Å²) >= 11 is 0. The molecule has 0 aliphatic rings. The zero-order valence-corrected chi connectivity index (χ0v) is 15.2. The molecule has 146 valence electrons. The molecule has 0 radical (unpaired) electrons. The molecule has 2 aromatic heterocycles. The number of amides is 1. The smallest absolute Gasteiger partial charge is 0.407 e. The fourth-order valence-electron chi connectivity index (χ4n) is 3.20. The van der Waals surface area contributed by atoms with Crippen LogP contribution in [0.2, 0.25) is 0 Å². The van der Waals surface area contributed by atoms with Gasteiger partial charge in [0.05, 0.1) is 27.7 Å². The summed E-state index contributed by atoms with van der Waals surface area (Å²) in [6.07, 6.45) is 2.25. The lowest BCUT2D eigenvalue weighted by molar-refractivity contribution is -0.384. The second-order valence-electron chi connectivity index (χ2n) is 6.46. The molecule has 29 heavy (non-hydrogen) atoms. The number of nitro groups is 1. The molecular weight excluding hydrogens is 376 g/mol. The molecule has 1 N–H and O–H groups in total. The predicted octanol–water partition coefficient (Wildman–Crippen LogP) is 3.47. The molecule has 0 bridgehead atoms. The van der Waals surface area contributed by atoms with Gasteiger partial charge in [-0.05, 0) is 24.6 Å². The van der Waals surface area contributed by atoms with Crippen molar-refractivity contribution >= 4 is 39.3 Å². The Kier molecular flexibility index (Phi) is 4.78. The highest BCUT2D eigenvalue weighted by molar-refractivity contribution is 6.00. The molecule has 0 saturated carbocycles. The first-order valence-electron chi connectivity index (χ1n) is 8.94. The number of anilines is 1. The second-order valence-corrected chi connectivity index (χ2v) is 6.46. The van der Waals surface area contributed by atoms with E-state index in [4.69, 9.17) is 4.42 Å². The van der Waals surface area contributed by atoms with Crippen molar-refractivity contribution in [3.63, 3.8) is 0 Å². The summed E-state index contributed by atoms with van der Waals surface area (Å²) in [5.74, 6) is -0.807. The number of carbonyl (C=O) groups excluding carboxylic acids is 1. The van der Waals surface area contributed by atoms with E-state index in [1.54, 1.807) is 12.3 Å². The van der Waals surface area contributed by atoms with E-state index >= 15 is 0 Å². The number of aryl methyl sites for hydroxylation is 1. The summed E-state index contributed by atoms with van der Waals surface area (Å²) in [5, 5.41) is 14.6. The molecule has 9 heteroatoms. The van der Waals surface area contributed by atoms with Crippen LogP contribution in [0, 0.1) is 10.1 Å². The highest BCUT2D eigenvalue weighted by Gasteiger charge is 2.14. The topological polar surface area (TPSA) is 120 Å².